The maximum Gasteiger partial charge on any atom is 0.293 e. The lowest BCUT2D eigenvalue weighted by Gasteiger charge is -2.14. The topological polar surface area (TPSA) is 94.2 Å². The number of hydrogen-bond donors (Lipinski definition) is 1. The Bertz CT molecular complexity index is 1750. The van der Waals surface area contributed by atoms with Crippen molar-refractivity contribution >= 4 is 67.3 Å². The van der Waals surface area contributed by atoms with Crippen LogP contribution in [0, 0.1) is 13.8 Å². The Morgan fingerprint density at radius 3 is 2.51 bits per heavy atom. The highest BCUT2D eigenvalue weighted by Crippen LogP contribution is 2.35. The van der Waals surface area contributed by atoms with Crippen molar-refractivity contribution in [3.8, 4) is 17.2 Å². The fraction of sp³-hybridized carbons (Fsp3) is 0.182. The molecule has 220 valence electrons. The average molecular weight is 662 g/mol. The molecule has 1 aliphatic heterocycles. The van der Waals surface area contributed by atoms with Crippen LogP contribution in [0.4, 0.5) is 10.5 Å². The van der Waals surface area contributed by atoms with E-state index in [1.807, 2.05) is 68.4 Å². The Morgan fingerprint density at radius 2 is 1.70 bits per heavy atom. The number of carbonyl (C=O) groups is 3. The summed E-state index contributed by atoms with van der Waals surface area (Å²) in [7, 11) is 1.49. The number of ether oxygens (including phenoxy) is 3. The van der Waals surface area contributed by atoms with Crippen LogP contribution >= 0.6 is 27.7 Å². The maximum absolute atomic E-state index is 13.0. The molecule has 43 heavy (non-hydrogen) atoms. The van der Waals surface area contributed by atoms with E-state index in [0.717, 1.165) is 38.1 Å². The van der Waals surface area contributed by atoms with Crippen molar-refractivity contribution in [2.45, 2.75) is 13.8 Å². The second kappa shape index (κ2) is 13.4. The zero-order valence-corrected chi connectivity index (χ0v) is 26.2. The summed E-state index contributed by atoms with van der Waals surface area (Å²) in [6.45, 7) is 4.05. The molecule has 0 radical (unpaired) electrons. The lowest BCUT2D eigenvalue weighted by atomic mass is 10.1. The number of methoxy groups -OCH3 is 1. The molecule has 1 N–H and O–H groups in total. The molecule has 1 fully saturated rings. The fourth-order valence-electron chi connectivity index (χ4n) is 4.51. The highest BCUT2D eigenvalue weighted by Gasteiger charge is 2.35. The van der Waals surface area contributed by atoms with Crippen LogP contribution in [0.3, 0.4) is 0 Å². The summed E-state index contributed by atoms with van der Waals surface area (Å²) in [5.74, 6) is 0.744. The molecule has 4 aromatic rings. The molecule has 0 unspecified atom stereocenters. The summed E-state index contributed by atoms with van der Waals surface area (Å²) in [6.07, 6.45) is 1.63. The summed E-state index contributed by atoms with van der Waals surface area (Å²) in [5, 5.41) is 4.51. The summed E-state index contributed by atoms with van der Waals surface area (Å²) in [5.41, 5.74) is 3.48. The first kappa shape index (κ1) is 30.2. The number of rotatable bonds is 10. The van der Waals surface area contributed by atoms with Crippen LogP contribution in [0.5, 0.6) is 17.2 Å². The van der Waals surface area contributed by atoms with Crippen molar-refractivity contribution in [3.05, 3.63) is 98.9 Å². The Balaban J connectivity index is 1.19. The summed E-state index contributed by atoms with van der Waals surface area (Å²) >= 11 is 4.35. The van der Waals surface area contributed by atoms with E-state index in [1.54, 1.807) is 24.3 Å². The maximum atomic E-state index is 13.0. The van der Waals surface area contributed by atoms with Gasteiger partial charge in [0.05, 0.1) is 24.2 Å². The first-order chi connectivity index (χ1) is 20.7. The van der Waals surface area contributed by atoms with Crippen LogP contribution in [-0.4, -0.2) is 48.8 Å². The van der Waals surface area contributed by atoms with Gasteiger partial charge in [-0.2, -0.15) is 0 Å². The van der Waals surface area contributed by atoms with Crippen molar-refractivity contribution in [2.75, 3.05) is 32.2 Å². The van der Waals surface area contributed by atoms with Gasteiger partial charge in [0, 0.05) is 9.86 Å². The van der Waals surface area contributed by atoms with Crippen molar-refractivity contribution in [2.24, 2.45) is 0 Å². The molecular weight excluding hydrogens is 632 g/mol. The molecule has 10 heteroatoms. The second-order valence-corrected chi connectivity index (χ2v) is 11.7. The van der Waals surface area contributed by atoms with Crippen LogP contribution < -0.4 is 19.5 Å². The van der Waals surface area contributed by atoms with Gasteiger partial charge < -0.3 is 19.5 Å². The number of anilines is 1. The lowest BCUT2D eigenvalue weighted by Crippen LogP contribution is -2.32. The third-order valence-corrected chi connectivity index (χ3v) is 8.46. The number of fused-ring (bicyclic) bond motifs is 1. The predicted octanol–water partition coefficient (Wildman–Crippen LogP) is 7.36. The number of benzene rings is 4. The van der Waals surface area contributed by atoms with E-state index in [4.69, 9.17) is 14.2 Å². The third kappa shape index (κ3) is 7.03. The van der Waals surface area contributed by atoms with Gasteiger partial charge in [0.15, 0.2) is 18.1 Å². The number of hydrogen-bond acceptors (Lipinski definition) is 7. The second-order valence-electron chi connectivity index (χ2n) is 9.82. The Labute approximate surface area is 262 Å². The minimum atomic E-state index is -0.384. The van der Waals surface area contributed by atoms with Crippen molar-refractivity contribution in [1.82, 2.24) is 4.90 Å². The van der Waals surface area contributed by atoms with E-state index in [1.165, 1.54) is 12.0 Å². The van der Waals surface area contributed by atoms with Gasteiger partial charge >= 0.3 is 0 Å². The number of aryl methyl sites for hydroxylation is 2. The number of imide groups is 1. The molecule has 3 amide bonds. The first-order valence-corrected chi connectivity index (χ1v) is 15.1. The number of thioether (sulfide) groups is 1. The van der Waals surface area contributed by atoms with Crippen LogP contribution in [0.15, 0.2) is 82.2 Å². The lowest BCUT2D eigenvalue weighted by molar-refractivity contribution is -0.123. The molecule has 1 heterocycles. The van der Waals surface area contributed by atoms with Gasteiger partial charge in [-0.25, -0.2) is 0 Å². The highest BCUT2D eigenvalue weighted by atomic mass is 79.9. The van der Waals surface area contributed by atoms with Gasteiger partial charge in [0.1, 0.15) is 12.4 Å². The van der Waals surface area contributed by atoms with Crippen LogP contribution in [0.1, 0.15) is 16.7 Å². The molecule has 0 aliphatic carbocycles. The monoisotopic (exact) mass is 660 g/mol. The van der Waals surface area contributed by atoms with Crippen LogP contribution in [0.2, 0.25) is 0 Å². The number of carbonyl (C=O) groups excluding carboxylic acids is 3. The van der Waals surface area contributed by atoms with E-state index >= 15 is 0 Å². The molecule has 1 aliphatic rings. The van der Waals surface area contributed by atoms with E-state index in [0.29, 0.717) is 33.4 Å². The number of nitrogens with one attached hydrogen (secondary N) is 1. The number of halogens is 1. The summed E-state index contributed by atoms with van der Waals surface area (Å²) in [6, 6.07) is 22.6. The van der Waals surface area contributed by atoms with E-state index in [9.17, 15) is 14.4 Å². The molecule has 0 spiro atoms. The minimum absolute atomic E-state index is 0.127. The average Bonchev–Trinajstić information content (AvgIpc) is 3.26. The van der Waals surface area contributed by atoms with Crippen LogP contribution in [0.25, 0.3) is 16.8 Å². The fourth-order valence-corrected chi connectivity index (χ4v) is 5.93. The molecule has 0 bridgehead atoms. The molecule has 0 saturated carbocycles. The van der Waals surface area contributed by atoms with Gasteiger partial charge in [-0.15, -0.1) is 0 Å². The number of amides is 3. The van der Waals surface area contributed by atoms with E-state index < -0.39 is 0 Å². The van der Waals surface area contributed by atoms with Gasteiger partial charge in [-0.05, 0) is 100 Å². The molecule has 5 rings (SSSR count). The normalized spacial score (nSPS) is 14.0. The Morgan fingerprint density at radius 1 is 0.930 bits per heavy atom. The SMILES string of the molecule is COc1cc(/C=C2\SC(=O)N(CCOc3cccc4ccccc34)C2=O)ccc1OCC(=O)Nc1cc(C)c(C)cc1Br. The van der Waals surface area contributed by atoms with Gasteiger partial charge in [-0.3, -0.25) is 19.3 Å². The smallest absolute Gasteiger partial charge is 0.293 e. The van der Waals surface area contributed by atoms with Gasteiger partial charge in [0.25, 0.3) is 17.1 Å². The first-order valence-electron chi connectivity index (χ1n) is 13.5. The van der Waals surface area contributed by atoms with Crippen LogP contribution in [-0.2, 0) is 9.59 Å². The van der Waals surface area contributed by atoms with E-state index in [-0.39, 0.29) is 36.8 Å². The molecule has 0 atom stereocenters. The quantitative estimate of drug-likeness (QED) is 0.178. The zero-order valence-electron chi connectivity index (χ0n) is 23.8. The number of nitrogens with zero attached hydrogens (tertiary/aromatic N) is 1. The molecular formula is C33H29BrN2O6S. The molecule has 1 saturated heterocycles. The van der Waals surface area contributed by atoms with Crippen molar-refractivity contribution in [1.29, 1.82) is 0 Å². The van der Waals surface area contributed by atoms with Crippen molar-refractivity contribution in [3.63, 3.8) is 0 Å². The molecule has 4 aromatic carbocycles. The predicted molar refractivity (Wildman–Crippen MR) is 173 cm³/mol. The molecule has 8 nitrogen and oxygen atoms in total. The van der Waals surface area contributed by atoms with Crippen molar-refractivity contribution < 1.29 is 28.6 Å². The summed E-state index contributed by atoms with van der Waals surface area (Å²) < 4.78 is 17.9. The highest BCUT2D eigenvalue weighted by molar-refractivity contribution is 9.10. The third-order valence-electron chi connectivity index (χ3n) is 6.90. The molecule has 0 aromatic heterocycles. The zero-order chi connectivity index (χ0) is 30.5. The van der Waals surface area contributed by atoms with Gasteiger partial charge in [0.2, 0.25) is 0 Å². The van der Waals surface area contributed by atoms with E-state index in [2.05, 4.69) is 21.2 Å². The standard InChI is InChI=1S/C33H29BrN2O6S/c1-20-15-25(34)26(16-21(20)2)35-31(37)19-42-28-12-11-22(17-29(28)40-3)18-30-32(38)36(33(39)43-30)13-14-41-27-10-6-8-23-7-4-5-9-24(23)27/h4-12,15-18H,13-14,19H2,1-3H3,(H,35,37)/b30-18-. The largest absolute Gasteiger partial charge is 0.493 e. The Kier molecular flexibility index (Phi) is 9.37. The Hall–Kier alpha value is -4.28. The van der Waals surface area contributed by atoms with Gasteiger partial charge in [-0.1, -0.05) is 42.5 Å². The minimum Gasteiger partial charge on any atom is -0.493 e. The summed E-state index contributed by atoms with van der Waals surface area (Å²) in [4.78, 5) is 39.7.